The fraction of sp³-hybridized carbons (Fsp3) is 0.724. The molecule has 0 radical (unpaired) electrons. The summed E-state index contributed by atoms with van der Waals surface area (Å²) in [4.78, 5) is 38.1. The summed E-state index contributed by atoms with van der Waals surface area (Å²) in [6.45, 7) is 9.81. The maximum atomic E-state index is 13.8. The van der Waals surface area contributed by atoms with E-state index in [-0.39, 0.29) is 48.3 Å². The van der Waals surface area contributed by atoms with Crippen molar-refractivity contribution >= 4 is 34.8 Å². The van der Waals surface area contributed by atoms with Crippen LogP contribution in [0.4, 0.5) is 0 Å². The van der Waals surface area contributed by atoms with Gasteiger partial charge in [-0.3, -0.25) is 14.4 Å². The van der Waals surface area contributed by atoms with Crippen molar-refractivity contribution in [1.82, 2.24) is 0 Å². The van der Waals surface area contributed by atoms with Gasteiger partial charge in [-0.25, -0.2) is 0 Å². The SMILES string of the molecule is CCCC(=O)OCC(=O)[C@@]1(OC(=S)CC)CC[C@H]2[C@@H]3C[C@H](C)C4=CC(=O)C=C[C@]4(C)[C@H]3[C@@H](O)C[C@@]21C. The van der Waals surface area contributed by atoms with Crippen LogP contribution in [0.15, 0.2) is 23.8 Å². The summed E-state index contributed by atoms with van der Waals surface area (Å²) < 4.78 is 11.7. The van der Waals surface area contributed by atoms with E-state index in [1.807, 2.05) is 19.9 Å². The highest BCUT2D eigenvalue weighted by atomic mass is 32.1. The van der Waals surface area contributed by atoms with Crippen molar-refractivity contribution < 1.29 is 29.0 Å². The van der Waals surface area contributed by atoms with Crippen LogP contribution in [0.3, 0.4) is 0 Å². The molecule has 3 fully saturated rings. The van der Waals surface area contributed by atoms with Gasteiger partial charge < -0.3 is 14.6 Å². The molecule has 6 nitrogen and oxygen atoms in total. The summed E-state index contributed by atoms with van der Waals surface area (Å²) in [5, 5.41) is 12.1. The first kappa shape index (κ1) is 27.2. The van der Waals surface area contributed by atoms with Gasteiger partial charge in [-0.2, -0.15) is 0 Å². The summed E-state index contributed by atoms with van der Waals surface area (Å²) >= 11 is 5.48. The van der Waals surface area contributed by atoms with Gasteiger partial charge in [0, 0.05) is 29.6 Å². The number of carbonyl (C=O) groups is 3. The fourth-order valence-electron chi connectivity index (χ4n) is 8.23. The molecule has 8 atom stereocenters. The van der Waals surface area contributed by atoms with Gasteiger partial charge in [0.15, 0.2) is 23.0 Å². The Morgan fingerprint density at radius 2 is 1.97 bits per heavy atom. The van der Waals surface area contributed by atoms with Gasteiger partial charge in [-0.15, -0.1) is 0 Å². The molecule has 0 bridgehead atoms. The molecule has 0 aromatic carbocycles. The Kier molecular flexibility index (Phi) is 7.39. The van der Waals surface area contributed by atoms with E-state index >= 15 is 0 Å². The van der Waals surface area contributed by atoms with Crippen LogP contribution >= 0.6 is 12.2 Å². The first-order chi connectivity index (χ1) is 16.9. The maximum absolute atomic E-state index is 13.8. The van der Waals surface area contributed by atoms with Crippen molar-refractivity contribution in [1.29, 1.82) is 0 Å². The van der Waals surface area contributed by atoms with E-state index in [1.165, 1.54) is 0 Å². The van der Waals surface area contributed by atoms with Gasteiger partial charge in [0.2, 0.25) is 5.78 Å². The van der Waals surface area contributed by atoms with E-state index in [0.717, 1.165) is 18.4 Å². The molecule has 0 aromatic rings. The number of hydrogen-bond donors (Lipinski definition) is 1. The zero-order valence-electron chi connectivity index (χ0n) is 22.2. The predicted molar refractivity (Wildman–Crippen MR) is 140 cm³/mol. The topological polar surface area (TPSA) is 89.9 Å². The number of allylic oxidation sites excluding steroid dienone is 4. The molecule has 3 saturated carbocycles. The number of thiocarbonyl (C=S) groups is 1. The molecular formula is C29H40O6S. The van der Waals surface area contributed by atoms with E-state index in [2.05, 4.69) is 20.8 Å². The minimum atomic E-state index is -1.23. The number of Topliss-reactive ketones (excluding diaryl/α,β-unsaturated/α-hetero) is 1. The van der Waals surface area contributed by atoms with Crippen molar-refractivity contribution in [3.05, 3.63) is 23.8 Å². The second-order valence-electron chi connectivity index (χ2n) is 11.8. The van der Waals surface area contributed by atoms with Crippen LogP contribution < -0.4 is 0 Å². The number of ketones is 2. The Morgan fingerprint density at radius 1 is 1.25 bits per heavy atom. The van der Waals surface area contributed by atoms with Gasteiger partial charge in [-0.05, 0) is 74.2 Å². The molecule has 0 aliphatic heterocycles. The summed E-state index contributed by atoms with van der Waals surface area (Å²) in [7, 11) is 0. The Labute approximate surface area is 219 Å². The normalized spacial score (nSPS) is 41.0. The second kappa shape index (κ2) is 9.79. The van der Waals surface area contributed by atoms with Crippen LogP contribution in [-0.2, 0) is 23.9 Å². The number of carbonyl (C=O) groups excluding carboxylic acids is 3. The quantitative estimate of drug-likeness (QED) is 0.380. The molecule has 0 aromatic heterocycles. The zero-order chi connectivity index (χ0) is 26.5. The minimum absolute atomic E-state index is 0.00694. The van der Waals surface area contributed by atoms with Crippen LogP contribution in [0.1, 0.15) is 79.6 Å². The lowest BCUT2D eigenvalue weighted by Crippen LogP contribution is -2.63. The minimum Gasteiger partial charge on any atom is -0.472 e. The van der Waals surface area contributed by atoms with Gasteiger partial charge in [0.25, 0.3) is 0 Å². The highest BCUT2D eigenvalue weighted by Gasteiger charge is 2.70. The van der Waals surface area contributed by atoms with E-state index in [4.69, 9.17) is 21.7 Å². The lowest BCUT2D eigenvalue weighted by atomic mass is 9.44. The number of aliphatic hydroxyl groups excluding tert-OH is 1. The second-order valence-corrected chi connectivity index (χ2v) is 12.2. The van der Waals surface area contributed by atoms with Gasteiger partial charge in [0.1, 0.15) is 0 Å². The van der Waals surface area contributed by atoms with E-state index < -0.39 is 28.5 Å². The van der Waals surface area contributed by atoms with E-state index in [9.17, 15) is 19.5 Å². The zero-order valence-corrected chi connectivity index (χ0v) is 23.0. The standard InChI is InChI=1S/C29H40O6S/c1-6-8-24(33)34-16-23(32)29(35-25(36)7-2)12-10-20-19-13-17(3)21-14-18(30)9-11-27(21,4)26(19)22(31)15-28(20,29)5/h9,11,14,17,19-20,22,26,31H,6-8,10,12-13,15-16H2,1-5H3/t17-,19-,20-,22-,26+,27-,28-,29-/m0/s1. The fourth-order valence-corrected chi connectivity index (χ4v) is 8.37. The first-order valence-corrected chi connectivity index (χ1v) is 13.9. The summed E-state index contributed by atoms with van der Waals surface area (Å²) in [5.74, 6) is -0.219. The first-order valence-electron chi connectivity index (χ1n) is 13.5. The third-order valence-electron chi connectivity index (χ3n) is 9.78. The molecule has 0 amide bonds. The van der Waals surface area contributed by atoms with E-state index in [1.54, 1.807) is 12.2 Å². The molecule has 0 heterocycles. The summed E-state index contributed by atoms with van der Waals surface area (Å²) in [5.41, 5.74) is -1.19. The number of fused-ring (bicyclic) bond motifs is 5. The molecule has 0 unspecified atom stereocenters. The number of ether oxygens (including phenoxy) is 2. The van der Waals surface area contributed by atoms with Gasteiger partial charge >= 0.3 is 5.97 Å². The lowest BCUT2D eigenvalue weighted by molar-refractivity contribution is -0.179. The molecule has 4 aliphatic rings. The Hall–Kier alpha value is -1.86. The van der Waals surface area contributed by atoms with Crippen LogP contribution in [0.25, 0.3) is 0 Å². The molecule has 4 rings (SSSR count). The number of hydrogen-bond acceptors (Lipinski definition) is 7. The van der Waals surface area contributed by atoms with Crippen molar-refractivity contribution in [3.63, 3.8) is 0 Å². The van der Waals surface area contributed by atoms with Crippen molar-refractivity contribution in [3.8, 4) is 0 Å². The molecule has 1 N–H and O–H groups in total. The Bertz CT molecular complexity index is 1020. The van der Waals surface area contributed by atoms with E-state index in [0.29, 0.717) is 30.7 Å². The average Bonchev–Trinajstić information content (AvgIpc) is 3.11. The van der Waals surface area contributed by atoms with Crippen molar-refractivity contribution in [2.75, 3.05) is 6.61 Å². The van der Waals surface area contributed by atoms with Crippen LogP contribution in [0.2, 0.25) is 0 Å². The third kappa shape index (κ3) is 4.10. The molecule has 36 heavy (non-hydrogen) atoms. The van der Waals surface area contributed by atoms with Crippen LogP contribution in [0, 0.1) is 34.5 Å². The summed E-state index contributed by atoms with van der Waals surface area (Å²) in [6, 6.07) is 0. The predicted octanol–water partition coefficient (Wildman–Crippen LogP) is 4.92. The Balaban J connectivity index is 1.71. The molecule has 4 aliphatic carbocycles. The smallest absolute Gasteiger partial charge is 0.306 e. The van der Waals surface area contributed by atoms with Crippen molar-refractivity contribution in [2.45, 2.75) is 91.3 Å². The van der Waals surface area contributed by atoms with Gasteiger partial charge in [0.05, 0.1) is 6.10 Å². The highest BCUT2D eigenvalue weighted by molar-refractivity contribution is 7.80. The highest BCUT2D eigenvalue weighted by Crippen LogP contribution is 2.68. The summed E-state index contributed by atoms with van der Waals surface area (Å²) in [6.07, 6.45) is 8.61. The molecular weight excluding hydrogens is 476 g/mol. The molecule has 0 saturated heterocycles. The maximum Gasteiger partial charge on any atom is 0.306 e. The molecule has 7 heteroatoms. The molecule has 198 valence electrons. The molecule has 0 spiro atoms. The monoisotopic (exact) mass is 516 g/mol. The lowest BCUT2D eigenvalue weighted by Gasteiger charge is -2.61. The van der Waals surface area contributed by atoms with Gasteiger partial charge in [-0.1, -0.05) is 46.3 Å². The largest absolute Gasteiger partial charge is 0.472 e. The average molecular weight is 517 g/mol. The van der Waals surface area contributed by atoms with Crippen LogP contribution in [0.5, 0.6) is 0 Å². The van der Waals surface area contributed by atoms with Crippen molar-refractivity contribution in [2.24, 2.45) is 34.5 Å². The van der Waals surface area contributed by atoms with Crippen LogP contribution in [-0.4, -0.2) is 46.0 Å². The third-order valence-corrected chi connectivity index (χ3v) is 10.2. The Morgan fingerprint density at radius 3 is 2.64 bits per heavy atom. The number of esters is 1. The number of rotatable bonds is 7. The number of aliphatic hydroxyl groups is 1.